The highest BCUT2D eigenvalue weighted by Gasteiger charge is 2.64. The van der Waals surface area contributed by atoms with E-state index in [0.717, 1.165) is 0 Å². The summed E-state index contributed by atoms with van der Waals surface area (Å²) < 4.78 is 30.5. The average Bonchev–Trinajstić information content (AvgIpc) is 3.10. The first-order chi connectivity index (χ1) is 16.5. The molecule has 2 heterocycles. The summed E-state index contributed by atoms with van der Waals surface area (Å²) in [6.07, 6.45) is -3.99. The summed E-state index contributed by atoms with van der Waals surface area (Å²) in [5.74, 6) is -2.91. The molecule has 2 fully saturated rings. The fraction of sp³-hybridized carbons (Fsp3) is 0.750. The lowest BCUT2D eigenvalue weighted by molar-refractivity contribution is -0.153. The number of carboxylic acid groups (broad SMARTS) is 1. The van der Waals surface area contributed by atoms with Gasteiger partial charge in [-0.3, -0.25) is 9.59 Å². The molecule has 2 aliphatic heterocycles. The summed E-state index contributed by atoms with van der Waals surface area (Å²) in [6, 6.07) is 0. The molecule has 36 heavy (non-hydrogen) atoms. The van der Waals surface area contributed by atoms with Crippen LogP contribution in [-0.4, -0.2) is 95.7 Å². The summed E-state index contributed by atoms with van der Waals surface area (Å²) in [4.78, 5) is 72.1. The third kappa shape index (κ3) is 6.79. The molecule has 3 atom stereocenters. The van der Waals surface area contributed by atoms with E-state index < -0.39 is 74.1 Å². The summed E-state index contributed by atoms with van der Waals surface area (Å²) in [5, 5.41) is 12.4. The number of imide groups is 1. The van der Waals surface area contributed by atoms with Crippen molar-refractivity contribution < 1.29 is 61.8 Å². The Morgan fingerprint density at radius 2 is 1.86 bits per heavy atom. The standard InChI is InChI=1S/C20H31N2O13P/c1-18(2,3)34-17(28)22-16(27)31-10-20(22,15(25)26)11-33-36(29)32-9-19(4,5)13(35-36)14(24)21-8-7-12(23)30-6/h13,29H,7-11H2,1-6H3,(H-,21,24,25,26)/p+1/t13-,20+,36?/m0/s1. The van der Waals surface area contributed by atoms with Crippen molar-refractivity contribution in [3.8, 4) is 0 Å². The Morgan fingerprint density at radius 1 is 1.22 bits per heavy atom. The molecule has 3 amide bonds. The molecule has 0 radical (unpaired) electrons. The zero-order valence-electron chi connectivity index (χ0n) is 20.9. The normalized spacial score (nSPS) is 27.7. The minimum Gasteiger partial charge on any atom is -0.479 e. The number of esters is 1. The van der Waals surface area contributed by atoms with Gasteiger partial charge >= 0.3 is 32.3 Å². The van der Waals surface area contributed by atoms with Gasteiger partial charge in [0.25, 0.3) is 5.91 Å². The molecule has 2 aliphatic rings. The van der Waals surface area contributed by atoms with Gasteiger partial charge in [0, 0.05) is 12.0 Å². The fourth-order valence-corrected chi connectivity index (χ4v) is 4.85. The van der Waals surface area contributed by atoms with Crippen LogP contribution < -0.4 is 5.32 Å². The predicted molar refractivity (Wildman–Crippen MR) is 119 cm³/mol. The van der Waals surface area contributed by atoms with Crippen molar-refractivity contribution >= 4 is 38.2 Å². The van der Waals surface area contributed by atoms with Gasteiger partial charge in [-0.2, -0.15) is 14.3 Å². The Bertz CT molecular complexity index is 905. The number of rotatable bonds is 8. The molecule has 16 heteroatoms. The molecule has 0 aromatic rings. The quantitative estimate of drug-likeness (QED) is 0.225. The second-order valence-corrected chi connectivity index (χ2v) is 11.5. The van der Waals surface area contributed by atoms with E-state index in [2.05, 4.69) is 10.1 Å². The lowest BCUT2D eigenvalue weighted by Gasteiger charge is -2.37. The maximum absolute atomic E-state index is 12.7. The molecule has 15 nitrogen and oxygen atoms in total. The van der Waals surface area contributed by atoms with E-state index in [-0.39, 0.29) is 24.5 Å². The minimum absolute atomic E-state index is 0.0630. The van der Waals surface area contributed by atoms with E-state index in [1.54, 1.807) is 13.8 Å². The highest BCUT2D eigenvalue weighted by Crippen LogP contribution is 2.64. The molecule has 2 saturated heterocycles. The second kappa shape index (κ2) is 10.8. The Balaban J connectivity index is 2.19. The van der Waals surface area contributed by atoms with Gasteiger partial charge < -0.3 is 24.6 Å². The summed E-state index contributed by atoms with van der Waals surface area (Å²) in [7, 11) is -3.12. The van der Waals surface area contributed by atoms with Crippen LogP contribution in [0.4, 0.5) is 9.59 Å². The molecule has 3 N–H and O–H groups in total. The van der Waals surface area contributed by atoms with Crippen LogP contribution in [0, 0.1) is 5.41 Å². The van der Waals surface area contributed by atoms with Gasteiger partial charge in [-0.25, -0.2) is 14.4 Å². The SMILES string of the molecule is COC(=O)CCNC(=O)[C@@H]1O[P+](O)(OC[C@@]2(C(=O)O)COC(=O)N2C(=O)OC(C)(C)C)OCC1(C)C. The molecule has 2 rings (SSSR count). The smallest absolute Gasteiger partial charge is 0.479 e. The van der Waals surface area contributed by atoms with Crippen molar-refractivity contribution in [1.82, 2.24) is 10.2 Å². The molecule has 204 valence electrons. The maximum Gasteiger partial charge on any atom is 0.573 e. The molecule has 0 aromatic heterocycles. The summed E-state index contributed by atoms with van der Waals surface area (Å²) in [5.41, 5.74) is -4.43. The van der Waals surface area contributed by atoms with Crippen LogP contribution >= 0.6 is 8.17 Å². The van der Waals surface area contributed by atoms with Gasteiger partial charge in [-0.1, -0.05) is 13.8 Å². The maximum atomic E-state index is 12.7. The summed E-state index contributed by atoms with van der Waals surface area (Å²) in [6.45, 7) is 5.70. The van der Waals surface area contributed by atoms with Crippen molar-refractivity contribution in [2.45, 2.75) is 58.3 Å². The molecule has 0 spiro atoms. The number of cyclic esters (lactones) is 1. The lowest BCUT2D eigenvalue weighted by atomic mass is 9.87. The molecule has 0 bridgehead atoms. The van der Waals surface area contributed by atoms with Gasteiger partial charge in [0.1, 0.15) is 25.4 Å². The number of carbonyl (C=O) groups is 5. The number of aliphatic carboxylic acids is 1. The lowest BCUT2D eigenvalue weighted by Crippen LogP contribution is -2.60. The number of methoxy groups -OCH3 is 1. The van der Waals surface area contributed by atoms with E-state index in [9.17, 15) is 34.0 Å². The Kier molecular flexibility index (Phi) is 8.90. The zero-order chi connectivity index (χ0) is 27.5. The third-order valence-corrected chi connectivity index (χ3v) is 6.52. The van der Waals surface area contributed by atoms with Gasteiger partial charge in [-0.15, -0.1) is 9.05 Å². The number of hydrogen-bond acceptors (Lipinski definition) is 12. The first-order valence-electron chi connectivity index (χ1n) is 10.8. The summed E-state index contributed by atoms with van der Waals surface area (Å²) >= 11 is 0. The molecular weight excluding hydrogens is 507 g/mol. The molecule has 0 saturated carbocycles. The Hall–Kier alpha value is -2.58. The number of carboxylic acids is 1. The fourth-order valence-electron chi connectivity index (χ4n) is 3.14. The number of hydrogen-bond donors (Lipinski definition) is 3. The molecule has 1 unspecified atom stereocenters. The monoisotopic (exact) mass is 539 g/mol. The van der Waals surface area contributed by atoms with Crippen molar-refractivity contribution in [1.29, 1.82) is 0 Å². The first kappa shape index (κ1) is 29.6. The van der Waals surface area contributed by atoms with Crippen LogP contribution in [0.3, 0.4) is 0 Å². The number of nitrogens with one attached hydrogen (secondary N) is 1. The minimum atomic E-state index is -4.32. The van der Waals surface area contributed by atoms with Crippen molar-refractivity contribution in [3.05, 3.63) is 0 Å². The van der Waals surface area contributed by atoms with Crippen LogP contribution in [-0.2, 0) is 42.2 Å². The third-order valence-electron chi connectivity index (χ3n) is 5.13. The van der Waals surface area contributed by atoms with Crippen LogP contribution in [0.1, 0.15) is 41.0 Å². The van der Waals surface area contributed by atoms with Gasteiger partial charge in [-0.05, 0) is 20.8 Å². The van der Waals surface area contributed by atoms with Gasteiger partial charge in [0.15, 0.2) is 6.10 Å². The Labute approximate surface area is 207 Å². The van der Waals surface area contributed by atoms with E-state index in [4.69, 9.17) is 23.0 Å². The molecule has 0 aromatic carbocycles. The average molecular weight is 539 g/mol. The highest BCUT2D eigenvalue weighted by atomic mass is 31.2. The topological polar surface area (TPSA) is 196 Å². The van der Waals surface area contributed by atoms with Crippen LogP contribution in [0.25, 0.3) is 0 Å². The van der Waals surface area contributed by atoms with Gasteiger partial charge in [0.2, 0.25) is 5.54 Å². The van der Waals surface area contributed by atoms with E-state index in [1.807, 2.05) is 0 Å². The molecule has 0 aliphatic carbocycles. The molecular formula is C20H32N2O13P+. The van der Waals surface area contributed by atoms with Crippen LogP contribution in [0.2, 0.25) is 0 Å². The predicted octanol–water partition coefficient (Wildman–Crippen LogP) is 1.00. The van der Waals surface area contributed by atoms with Crippen molar-refractivity contribution in [3.63, 3.8) is 0 Å². The number of amides is 3. The first-order valence-corrected chi connectivity index (χ1v) is 12.3. The second-order valence-electron chi connectivity index (χ2n) is 9.81. The van der Waals surface area contributed by atoms with Crippen molar-refractivity contribution in [2.75, 3.05) is 33.5 Å². The van der Waals surface area contributed by atoms with E-state index in [0.29, 0.717) is 0 Å². The number of nitrogens with zero attached hydrogens (tertiary/aromatic N) is 1. The number of ether oxygens (including phenoxy) is 3. The number of carbonyl (C=O) groups excluding carboxylic acids is 4. The van der Waals surface area contributed by atoms with E-state index in [1.165, 1.54) is 27.9 Å². The van der Waals surface area contributed by atoms with Gasteiger partial charge in [0.05, 0.1) is 13.5 Å². The van der Waals surface area contributed by atoms with E-state index >= 15 is 0 Å². The van der Waals surface area contributed by atoms with Crippen LogP contribution in [0.5, 0.6) is 0 Å². The highest BCUT2D eigenvalue weighted by molar-refractivity contribution is 7.55. The van der Waals surface area contributed by atoms with Crippen LogP contribution in [0.15, 0.2) is 0 Å². The Morgan fingerprint density at radius 3 is 2.42 bits per heavy atom. The zero-order valence-corrected chi connectivity index (χ0v) is 21.8. The van der Waals surface area contributed by atoms with Crippen molar-refractivity contribution in [2.24, 2.45) is 5.41 Å². The largest absolute Gasteiger partial charge is 0.573 e.